The molecule has 0 aliphatic carbocycles. The fourth-order valence-corrected chi connectivity index (χ4v) is 3.64. The van der Waals surface area contributed by atoms with Gasteiger partial charge in [0.15, 0.2) is 5.76 Å². The van der Waals surface area contributed by atoms with Crippen molar-refractivity contribution >= 4 is 28.5 Å². The van der Waals surface area contributed by atoms with Gasteiger partial charge in [-0.25, -0.2) is 4.98 Å². The standard InChI is InChI=1S/C25H26N4O3/c1-17-11-12-18(2)20(15-17)28-24(30)16-29-21-8-4-3-7-19(21)27-23(29)10-5-13-26-25(31)22-9-6-14-32-22/h3-4,6-9,11-12,14-15H,5,10,13,16H2,1-2H3,(H,26,31)(H,28,30). The molecule has 2 heterocycles. The molecule has 0 unspecified atom stereocenters. The van der Waals surface area contributed by atoms with Gasteiger partial charge in [0.05, 0.1) is 17.3 Å². The first-order valence-corrected chi connectivity index (χ1v) is 10.6. The van der Waals surface area contributed by atoms with Crippen molar-refractivity contribution in [2.75, 3.05) is 11.9 Å². The maximum absolute atomic E-state index is 12.9. The Labute approximate surface area is 186 Å². The highest BCUT2D eigenvalue weighted by Gasteiger charge is 2.15. The van der Waals surface area contributed by atoms with E-state index in [-0.39, 0.29) is 18.4 Å². The Bertz CT molecular complexity index is 1240. The molecule has 0 fully saturated rings. The van der Waals surface area contributed by atoms with Crippen molar-refractivity contribution in [2.45, 2.75) is 33.2 Å². The van der Waals surface area contributed by atoms with Crippen LogP contribution in [0.3, 0.4) is 0 Å². The molecule has 0 aliphatic rings. The Hall–Kier alpha value is -3.87. The highest BCUT2D eigenvalue weighted by molar-refractivity contribution is 5.92. The third-order valence-corrected chi connectivity index (χ3v) is 5.31. The average Bonchev–Trinajstić information content (AvgIpc) is 3.43. The van der Waals surface area contributed by atoms with Crippen molar-refractivity contribution in [2.24, 2.45) is 0 Å². The highest BCUT2D eigenvalue weighted by Crippen LogP contribution is 2.19. The number of benzene rings is 2. The SMILES string of the molecule is Cc1ccc(C)c(NC(=O)Cn2c(CCCNC(=O)c3ccco3)nc3ccccc32)c1. The highest BCUT2D eigenvalue weighted by atomic mass is 16.3. The van der Waals surface area contributed by atoms with Crippen LogP contribution in [0.4, 0.5) is 5.69 Å². The van der Waals surface area contributed by atoms with E-state index in [0.29, 0.717) is 25.1 Å². The molecule has 2 aromatic heterocycles. The van der Waals surface area contributed by atoms with Crippen LogP contribution >= 0.6 is 0 Å². The first-order chi connectivity index (χ1) is 15.5. The molecule has 7 heteroatoms. The van der Waals surface area contributed by atoms with Gasteiger partial charge in [0.2, 0.25) is 5.91 Å². The number of anilines is 1. The minimum Gasteiger partial charge on any atom is -0.459 e. The van der Waals surface area contributed by atoms with Gasteiger partial charge in [-0.1, -0.05) is 24.3 Å². The van der Waals surface area contributed by atoms with Crippen LogP contribution in [0.15, 0.2) is 65.3 Å². The summed E-state index contributed by atoms with van der Waals surface area (Å²) < 4.78 is 7.05. The van der Waals surface area contributed by atoms with Crippen molar-refractivity contribution in [3.8, 4) is 0 Å². The summed E-state index contributed by atoms with van der Waals surface area (Å²) in [6.07, 6.45) is 2.79. The minimum absolute atomic E-state index is 0.103. The first-order valence-electron chi connectivity index (χ1n) is 10.6. The number of nitrogens with one attached hydrogen (secondary N) is 2. The van der Waals surface area contributed by atoms with E-state index in [4.69, 9.17) is 9.40 Å². The number of hydrogen-bond donors (Lipinski definition) is 2. The van der Waals surface area contributed by atoms with E-state index in [1.807, 2.05) is 60.9 Å². The van der Waals surface area contributed by atoms with E-state index in [1.54, 1.807) is 12.1 Å². The molecule has 2 aromatic carbocycles. The van der Waals surface area contributed by atoms with Crippen molar-refractivity contribution in [3.05, 3.63) is 83.6 Å². The topological polar surface area (TPSA) is 89.2 Å². The van der Waals surface area contributed by atoms with Crippen molar-refractivity contribution in [3.63, 3.8) is 0 Å². The summed E-state index contributed by atoms with van der Waals surface area (Å²) in [5, 5.41) is 5.87. The van der Waals surface area contributed by atoms with Gasteiger partial charge in [-0.2, -0.15) is 0 Å². The van der Waals surface area contributed by atoms with Crippen LogP contribution in [0, 0.1) is 13.8 Å². The number of amides is 2. The molecule has 164 valence electrons. The monoisotopic (exact) mass is 430 g/mol. The summed E-state index contributed by atoms with van der Waals surface area (Å²) in [5.74, 6) is 0.764. The van der Waals surface area contributed by atoms with Gasteiger partial charge < -0.3 is 19.6 Å². The number of nitrogens with zero attached hydrogens (tertiary/aromatic N) is 2. The van der Waals surface area contributed by atoms with Gasteiger partial charge >= 0.3 is 0 Å². The summed E-state index contributed by atoms with van der Waals surface area (Å²) in [6, 6.07) is 17.1. The fourth-order valence-electron chi connectivity index (χ4n) is 3.64. The molecule has 0 aliphatic heterocycles. The van der Waals surface area contributed by atoms with E-state index in [2.05, 4.69) is 10.6 Å². The van der Waals surface area contributed by atoms with Crippen LogP contribution in [-0.4, -0.2) is 27.9 Å². The Morgan fingerprint density at radius 3 is 2.72 bits per heavy atom. The van der Waals surface area contributed by atoms with Crippen LogP contribution < -0.4 is 10.6 Å². The zero-order valence-electron chi connectivity index (χ0n) is 18.2. The van der Waals surface area contributed by atoms with Gasteiger partial charge in [0.1, 0.15) is 12.4 Å². The van der Waals surface area contributed by atoms with Crippen LogP contribution in [0.25, 0.3) is 11.0 Å². The number of para-hydroxylation sites is 2. The number of hydrogen-bond acceptors (Lipinski definition) is 4. The second-order valence-corrected chi connectivity index (χ2v) is 7.81. The molecule has 7 nitrogen and oxygen atoms in total. The second kappa shape index (κ2) is 9.51. The zero-order valence-corrected chi connectivity index (χ0v) is 18.2. The van der Waals surface area contributed by atoms with Gasteiger partial charge in [-0.05, 0) is 61.7 Å². The van der Waals surface area contributed by atoms with Gasteiger partial charge in [0, 0.05) is 18.7 Å². The number of aromatic nitrogens is 2. The van der Waals surface area contributed by atoms with E-state index < -0.39 is 0 Å². The van der Waals surface area contributed by atoms with Crippen molar-refractivity contribution < 1.29 is 14.0 Å². The average molecular weight is 431 g/mol. The smallest absolute Gasteiger partial charge is 0.286 e. The second-order valence-electron chi connectivity index (χ2n) is 7.81. The number of fused-ring (bicyclic) bond motifs is 1. The molecule has 4 aromatic rings. The zero-order chi connectivity index (χ0) is 22.5. The lowest BCUT2D eigenvalue weighted by Gasteiger charge is -2.12. The Morgan fingerprint density at radius 2 is 1.91 bits per heavy atom. The maximum atomic E-state index is 12.9. The van der Waals surface area contributed by atoms with Gasteiger partial charge in [0.25, 0.3) is 5.91 Å². The minimum atomic E-state index is -0.239. The molecule has 0 saturated carbocycles. The van der Waals surface area contributed by atoms with Crippen LogP contribution in [-0.2, 0) is 17.8 Å². The molecule has 0 atom stereocenters. The van der Waals surface area contributed by atoms with E-state index >= 15 is 0 Å². The number of imidazole rings is 1. The predicted molar refractivity (Wildman–Crippen MR) is 124 cm³/mol. The summed E-state index contributed by atoms with van der Waals surface area (Å²) in [7, 11) is 0. The molecule has 0 saturated heterocycles. The van der Waals surface area contributed by atoms with Crippen LogP contribution in [0.1, 0.15) is 33.9 Å². The quantitative estimate of drug-likeness (QED) is 0.409. The summed E-state index contributed by atoms with van der Waals surface area (Å²) >= 11 is 0. The molecule has 2 amide bonds. The fraction of sp³-hybridized carbons (Fsp3) is 0.240. The van der Waals surface area contributed by atoms with Crippen LogP contribution in [0.2, 0.25) is 0 Å². The number of furan rings is 1. The number of aryl methyl sites for hydroxylation is 3. The molecular formula is C25H26N4O3. The Morgan fingerprint density at radius 1 is 1.06 bits per heavy atom. The summed E-state index contributed by atoms with van der Waals surface area (Å²) in [4.78, 5) is 29.6. The molecular weight excluding hydrogens is 404 g/mol. The first kappa shape index (κ1) is 21.4. The third-order valence-electron chi connectivity index (χ3n) is 5.31. The van der Waals surface area contributed by atoms with Crippen molar-refractivity contribution in [1.82, 2.24) is 14.9 Å². The Kier molecular flexibility index (Phi) is 6.35. The van der Waals surface area contributed by atoms with E-state index in [9.17, 15) is 9.59 Å². The lowest BCUT2D eigenvalue weighted by Crippen LogP contribution is -2.25. The van der Waals surface area contributed by atoms with Crippen LogP contribution in [0.5, 0.6) is 0 Å². The largest absolute Gasteiger partial charge is 0.459 e. The van der Waals surface area contributed by atoms with E-state index in [0.717, 1.165) is 33.7 Å². The molecule has 4 rings (SSSR count). The maximum Gasteiger partial charge on any atom is 0.286 e. The summed E-state index contributed by atoms with van der Waals surface area (Å²) in [6.45, 7) is 4.63. The lowest BCUT2D eigenvalue weighted by atomic mass is 10.1. The van der Waals surface area contributed by atoms with Gasteiger partial charge in [-0.15, -0.1) is 0 Å². The van der Waals surface area contributed by atoms with Crippen molar-refractivity contribution in [1.29, 1.82) is 0 Å². The Balaban J connectivity index is 1.44. The molecule has 2 N–H and O–H groups in total. The molecule has 0 bridgehead atoms. The third kappa shape index (κ3) is 4.88. The molecule has 32 heavy (non-hydrogen) atoms. The normalized spacial score (nSPS) is 10.9. The van der Waals surface area contributed by atoms with Gasteiger partial charge in [-0.3, -0.25) is 9.59 Å². The number of carbonyl (C=O) groups excluding carboxylic acids is 2. The molecule has 0 radical (unpaired) electrons. The number of rotatable bonds is 8. The molecule has 0 spiro atoms. The summed E-state index contributed by atoms with van der Waals surface area (Å²) in [5.41, 5.74) is 4.70. The van der Waals surface area contributed by atoms with E-state index in [1.165, 1.54) is 6.26 Å². The predicted octanol–water partition coefficient (Wildman–Crippen LogP) is 4.25. The number of carbonyl (C=O) groups is 2. The lowest BCUT2D eigenvalue weighted by molar-refractivity contribution is -0.116.